The molecule has 0 aromatic rings. The molecule has 9 heavy (non-hydrogen) atoms. The van der Waals surface area contributed by atoms with Gasteiger partial charge in [-0.2, -0.15) is 0 Å². The van der Waals surface area contributed by atoms with Gasteiger partial charge in [0.2, 0.25) is 0 Å². The first-order chi connectivity index (χ1) is 4.25. The molecule has 52 valence electrons. The zero-order valence-corrected chi connectivity index (χ0v) is 5.38. The molecular weight excluding hydrogens is 116 g/mol. The van der Waals surface area contributed by atoms with Crippen molar-refractivity contribution < 1.29 is 10.2 Å². The Morgan fingerprint density at radius 1 is 1.67 bits per heavy atom. The van der Waals surface area contributed by atoms with Crippen LogP contribution < -0.4 is 0 Å². The molecule has 1 rings (SSSR count). The third-order valence-electron chi connectivity index (χ3n) is 1.95. The fourth-order valence-corrected chi connectivity index (χ4v) is 1.24. The van der Waals surface area contributed by atoms with Gasteiger partial charge < -0.3 is 10.2 Å². The Kier molecular flexibility index (Phi) is 1.88. The molecule has 2 nitrogen and oxygen atoms in total. The molecule has 2 atom stereocenters. The molecule has 0 saturated heterocycles. The predicted molar refractivity (Wildman–Crippen MR) is 35.0 cm³/mol. The van der Waals surface area contributed by atoms with Gasteiger partial charge in [-0.3, -0.25) is 0 Å². The molecule has 2 N–H and O–H groups in total. The minimum Gasteiger partial charge on any atom is -0.396 e. The number of aliphatic hydroxyl groups is 2. The van der Waals surface area contributed by atoms with Gasteiger partial charge in [0.1, 0.15) is 0 Å². The van der Waals surface area contributed by atoms with Crippen LogP contribution in [0.3, 0.4) is 0 Å². The van der Waals surface area contributed by atoms with Gasteiger partial charge in [-0.05, 0) is 12.8 Å². The summed E-state index contributed by atoms with van der Waals surface area (Å²) in [6.45, 7) is 3.78. The van der Waals surface area contributed by atoms with Crippen LogP contribution in [-0.4, -0.2) is 22.9 Å². The number of aliphatic hydroxyl groups excluding tert-OH is 2. The first kappa shape index (κ1) is 6.78. The first-order valence-corrected chi connectivity index (χ1v) is 3.22. The van der Waals surface area contributed by atoms with E-state index >= 15 is 0 Å². The van der Waals surface area contributed by atoms with Gasteiger partial charge in [0.05, 0.1) is 12.7 Å². The lowest BCUT2D eigenvalue weighted by Crippen LogP contribution is -2.17. The van der Waals surface area contributed by atoms with Crippen molar-refractivity contribution in [2.24, 2.45) is 5.92 Å². The molecular formula is C7H12O2. The van der Waals surface area contributed by atoms with Crippen LogP contribution in [0.5, 0.6) is 0 Å². The summed E-state index contributed by atoms with van der Waals surface area (Å²) < 4.78 is 0. The van der Waals surface area contributed by atoms with Gasteiger partial charge in [0, 0.05) is 5.92 Å². The summed E-state index contributed by atoms with van der Waals surface area (Å²) in [6, 6.07) is 0. The predicted octanol–water partition coefficient (Wildman–Crippen LogP) is 0.306. The molecule has 0 amide bonds. The van der Waals surface area contributed by atoms with E-state index in [1.807, 2.05) is 0 Å². The molecule has 0 radical (unpaired) electrons. The summed E-state index contributed by atoms with van der Waals surface area (Å²) in [6.07, 6.45) is 1.29. The van der Waals surface area contributed by atoms with E-state index in [9.17, 15) is 0 Å². The minimum atomic E-state index is -0.345. The van der Waals surface area contributed by atoms with Crippen molar-refractivity contribution in [2.75, 3.05) is 6.61 Å². The number of hydrogen-bond acceptors (Lipinski definition) is 2. The lowest BCUT2D eigenvalue weighted by atomic mass is 10.0. The standard InChI is InChI=1S/C7H12O2/c1-5-2-3-7(9)6(5)4-8/h6-9H,1-4H2. The summed E-state index contributed by atoms with van der Waals surface area (Å²) in [5.74, 6) is -0.0509. The summed E-state index contributed by atoms with van der Waals surface area (Å²) in [4.78, 5) is 0. The fraction of sp³-hybridized carbons (Fsp3) is 0.714. The zero-order valence-electron chi connectivity index (χ0n) is 5.38. The van der Waals surface area contributed by atoms with E-state index in [-0.39, 0.29) is 18.6 Å². The van der Waals surface area contributed by atoms with Crippen LogP contribution in [0.4, 0.5) is 0 Å². The monoisotopic (exact) mass is 128 g/mol. The van der Waals surface area contributed by atoms with Crippen molar-refractivity contribution in [1.29, 1.82) is 0 Å². The lowest BCUT2D eigenvalue weighted by molar-refractivity contribution is 0.103. The molecule has 0 aromatic heterocycles. The quantitative estimate of drug-likeness (QED) is 0.499. The van der Waals surface area contributed by atoms with Crippen molar-refractivity contribution in [3.8, 4) is 0 Å². The molecule has 1 aliphatic rings. The molecule has 0 spiro atoms. The van der Waals surface area contributed by atoms with Gasteiger partial charge in [-0.15, -0.1) is 0 Å². The molecule has 0 aromatic carbocycles. The Morgan fingerprint density at radius 2 is 2.33 bits per heavy atom. The van der Waals surface area contributed by atoms with Crippen molar-refractivity contribution in [3.05, 3.63) is 12.2 Å². The largest absolute Gasteiger partial charge is 0.396 e. The summed E-state index contributed by atoms with van der Waals surface area (Å²) in [5, 5.41) is 17.8. The highest BCUT2D eigenvalue weighted by atomic mass is 16.3. The smallest absolute Gasteiger partial charge is 0.0630 e. The molecule has 0 aliphatic heterocycles. The van der Waals surface area contributed by atoms with Gasteiger partial charge in [-0.1, -0.05) is 12.2 Å². The molecule has 2 unspecified atom stereocenters. The second-order valence-corrected chi connectivity index (χ2v) is 2.55. The Balaban J connectivity index is 2.55. The van der Waals surface area contributed by atoms with Gasteiger partial charge >= 0.3 is 0 Å². The summed E-state index contributed by atoms with van der Waals surface area (Å²) in [7, 11) is 0. The number of hydrogen-bond donors (Lipinski definition) is 2. The van der Waals surface area contributed by atoms with E-state index in [2.05, 4.69) is 6.58 Å². The van der Waals surface area contributed by atoms with Crippen molar-refractivity contribution >= 4 is 0 Å². The Morgan fingerprint density at radius 3 is 2.56 bits per heavy atom. The molecule has 0 heterocycles. The molecule has 1 aliphatic carbocycles. The summed E-state index contributed by atoms with van der Waals surface area (Å²) in [5.41, 5.74) is 0.991. The van der Waals surface area contributed by atoms with E-state index in [1.54, 1.807) is 0 Å². The SMILES string of the molecule is C=C1CCC(O)C1CO. The second kappa shape index (κ2) is 2.50. The first-order valence-electron chi connectivity index (χ1n) is 3.22. The van der Waals surface area contributed by atoms with E-state index in [0.29, 0.717) is 0 Å². The van der Waals surface area contributed by atoms with Gasteiger partial charge in [0.25, 0.3) is 0 Å². The highest BCUT2D eigenvalue weighted by Gasteiger charge is 2.27. The molecule has 1 fully saturated rings. The Hall–Kier alpha value is -0.340. The van der Waals surface area contributed by atoms with Crippen molar-refractivity contribution in [3.63, 3.8) is 0 Å². The van der Waals surface area contributed by atoms with Crippen LogP contribution in [0.15, 0.2) is 12.2 Å². The highest BCUT2D eigenvalue weighted by molar-refractivity contribution is 5.09. The van der Waals surface area contributed by atoms with Crippen molar-refractivity contribution in [1.82, 2.24) is 0 Å². The highest BCUT2D eigenvalue weighted by Crippen LogP contribution is 2.29. The second-order valence-electron chi connectivity index (χ2n) is 2.55. The minimum absolute atomic E-state index is 0.0417. The topological polar surface area (TPSA) is 40.5 Å². The van der Waals surface area contributed by atoms with Crippen LogP contribution in [0.25, 0.3) is 0 Å². The van der Waals surface area contributed by atoms with Crippen LogP contribution in [0.1, 0.15) is 12.8 Å². The van der Waals surface area contributed by atoms with E-state index < -0.39 is 0 Å². The van der Waals surface area contributed by atoms with Gasteiger partial charge in [0.15, 0.2) is 0 Å². The fourth-order valence-electron chi connectivity index (χ4n) is 1.24. The average molecular weight is 128 g/mol. The number of rotatable bonds is 1. The van der Waals surface area contributed by atoms with Crippen LogP contribution >= 0.6 is 0 Å². The van der Waals surface area contributed by atoms with Crippen LogP contribution in [0, 0.1) is 5.92 Å². The third kappa shape index (κ3) is 1.14. The Bertz CT molecular complexity index is 120. The van der Waals surface area contributed by atoms with E-state index in [4.69, 9.17) is 10.2 Å². The molecule has 2 heteroatoms. The van der Waals surface area contributed by atoms with Crippen molar-refractivity contribution in [2.45, 2.75) is 18.9 Å². The third-order valence-corrected chi connectivity index (χ3v) is 1.95. The maximum atomic E-state index is 9.14. The maximum absolute atomic E-state index is 9.14. The van der Waals surface area contributed by atoms with E-state index in [0.717, 1.165) is 18.4 Å². The van der Waals surface area contributed by atoms with Crippen LogP contribution in [0.2, 0.25) is 0 Å². The molecule has 0 bridgehead atoms. The van der Waals surface area contributed by atoms with E-state index in [1.165, 1.54) is 0 Å². The van der Waals surface area contributed by atoms with Gasteiger partial charge in [-0.25, -0.2) is 0 Å². The molecule has 1 saturated carbocycles. The average Bonchev–Trinajstić information content (AvgIpc) is 2.12. The van der Waals surface area contributed by atoms with Crippen LogP contribution in [-0.2, 0) is 0 Å². The normalized spacial score (nSPS) is 35.6. The summed E-state index contributed by atoms with van der Waals surface area (Å²) >= 11 is 0. The Labute approximate surface area is 54.8 Å². The lowest BCUT2D eigenvalue weighted by Gasteiger charge is -2.10. The zero-order chi connectivity index (χ0) is 6.85. The maximum Gasteiger partial charge on any atom is 0.0630 e.